The van der Waals surface area contributed by atoms with Gasteiger partial charge in [-0.05, 0) is 44.9 Å². The number of hydrogen-bond donors (Lipinski definition) is 0. The molecule has 1 atom stereocenters. The van der Waals surface area contributed by atoms with Crippen molar-refractivity contribution in [3.8, 4) is 0 Å². The van der Waals surface area contributed by atoms with Crippen LogP contribution in [0.5, 0.6) is 0 Å². The maximum Gasteiger partial charge on any atom is 0.253 e. The first-order valence-electron chi connectivity index (χ1n) is 7.90. The minimum Gasteiger partial charge on any atom is -0.343 e. The van der Waals surface area contributed by atoms with Crippen LogP contribution in [0, 0.1) is 5.92 Å². The summed E-state index contributed by atoms with van der Waals surface area (Å²) in [5.41, 5.74) is 0.672. The molecule has 5 heteroatoms. The molecule has 22 heavy (non-hydrogen) atoms. The lowest BCUT2D eigenvalue weighted by atomic mass is 9.95. The first-order valence-corrected chi connectivity index (χ1v) is 8.69. The highest BCUT2D eigenvalue weighted by atomic mass is 79.9. The van der Waals surface area contributed by atoms with Gasteiger partial charge in [0.05, 0.1) is 5.92 Å². The second kappa shape index (κ2) is 7.77. The standard InChI is InChI=1S/C17H23BrN2O2/c1-3-19(4-2)17(22)14-8-6-10-20(12-14)16(21)13-7-5-9-15(18)11-13/h5,7,9,11,14H,3-4,6,8,10,12H2,1-2H3. The fraction of sp³-hybridized carbons (Fsp3) is 0.529. The summed E-state index contributed by atoms with van der Waals surface area (Å²) in [6, 6.07) is 7.42. The third-order valence-electron chi connectivity index (χ3n) is 4.20. The molecule has 4 nitrogen and oxygen atoms in total. The van der Waals surface area contributed by atoms with Gasteiger partial charge in [0.15, 0.2) is 0 Å². The fourth-order valence-electron chi connectivity index (χ4n) is 2.96. The maximum absolute atomic E-state index is 12.6. The SMILES string of the molecule is CCN(CC)C(=O)C1CCCN(C(=O)c2cccc(Br)c2)C1. The fourth-order valence-corrected chi connectivity index (χ4v) is 3.36. The first kappa shape index (κ1) is 17.0. The van der Waals surface area contributed by atoms with E-state index in [1.54, 1.807) is 0 Å². The Kier molecular flexibility index (Phi) is 6.00. The van der Waals surface area contributed by atoms with Crippen LogP contribution in [-0.2, 0) is 4.79 Å². The van der Waals surface area contributed by atoms with Crippen LogP contribution < -0.4 is 0 Å². The molecule has 1 fully saturated rings. The molecule has 0 radical (unpaired) electrons. The average molecular weight is 367 g/mol. The predicted molar refractivity (Wildman–Crippen MR) is 90.7 cm³/mol. The summed E-state index contributed by atoms with van der Waals surface area (Å²) in [5.74, 6) is 0.125. The van der Waals surface area contributed by atoms with Crippen LogP contribution in [0.4, 0.5) is 0 Å². The molecule has 0 aromatic heterocycles. The van der Waals surface area contributed by atoms with Gasteiger partial charge in [0.2, 0.25) is 5.91 Å². The van der Waals surface area contributed by atoms with Crippen molar-refractivity contribution in [2.45, 2.75) is 26.7 Å². The molecule has 0 N–H and O–H groups in total. The van der Waals surface area contributed by atoms with Gasteiger partial charge in [-0.3, -0.25) is 9.59 Å². The third kappa shape index (κ3) is 3.88. The van der Waals surface area contributed by atoms with Crippen molar-refractivity contribution in [3.05, 3.63) is 34.3 Å². The average Bonchev–Trinajstić information content (AvgIpc) is 2.55. The quantitative estimate of drug-likeness (QED) is 0.820. The Bertz CT molecular complexity index is 543. The third-order valence-corrected chi connectivity index (χ3v) is 4.70. The van der Waals surface area contributed by atoms with Crippen LogP contribution in [0.1, 0.15) is 37.0 Å². The molecule has 0 bridgehead atoms. The number of benzene rings is 1. The number of halogens is 1. The first-order chi connectivity index (χ1) is 10.6. The zero-order valence-corrected chi connectivity index (χ0v) is 14.8. The van der Waals surface area contributed by atoms with Crippen LogP contribution in [0.3, 0.4) is 0 Å². The van der Waals surface area contributed by atoms with E-state index < -0.39 is 0 Å². The van der Waals surface area contributed by atoms with E-state index in [-0.39, 0.29) is 17.7 Å². The summed E-state index contributed by atoms with van der Waals surface area (Å²) in [7, 11) is 0. The zero-order valence-electron chi connectivity index (χ0n) is 13.2. The van der Waals surface area contributed by atoms with Crippen LogP contribution >= 0.6 is 15.9 Å². The Hall–Kier alpha value is -1.36. The van der Waals surface area contributed by atoms with Crippen molar-refractivity contribution in [2.75, 3.05) is 26.2 Å². The normalized spacial score (nSPS) is 18.1. The highest BCUT2D eigenvalue weighted by molar-refractivity contribution is 9.10. The van der Waals surface area contributed by atoms with E-state index in [0.29, 0.717) is 12.1 Å². The van der Waals surface area contributed by atoms with Crippen molar-refractivity contribution in [1.82, 2.24) is 9.80 Å². The van der Waals surface area contributed by atoms with Crippen LogP contribution in [0.2, 0.25) is 0 Å². The van der Waals surface area contributed by atoms with Gasteiger partial charge in [0.25, 0.3) is 5.91 Å². The summed E-state index contributed by atoms with van der Waals surface area (Å²) < 4.78 is 0.895. The van der Waals surface area contributed by atoms with Crippen LogP contribution in [-0.4, -0.2) is 47.8 Å². The lowest BCUT2D eigenvalue weighted by Crippen LogP contribution is -2.46. The van der Waals surface area contributed by atoms with Crippen LogP contribution in [0.25, 0.3) is 0 Å². The van der Waals surface area contributed by atoms with Crippen molar-refractivity contribution in [2.24, 2.45) is 5.92 Å². The number of carbonyl (C=O) groups is 2. The molecule has 1 heterocycles. The lowest BCUT2D eigenvalue weighted by Gasteiger charge is -2.34. The molecular weight excluding hydrogens is 344 g/mol. The summed E-state index contributed by atoms with van der Waals surface area (Å²) >= 11 is 3.40. The summed E-state index contributed by atoms with van der Waals surface area (Å²) in [6.45, 7) is 6.70. The molecule has 1 aliphatic rings. The Morgan fingerprint density at radius 3 is 2.68 bits per heavy atom. The second-order valence-electron chi connectivity index (χ2n) is 5.61. The summed E-state index contributed by atoms with van der Waals surface area (Å²) in [5, 5.41) is 0. The Morgan fingerprint density at radius 1 is 1.32 bits per heavy atom. The van der Waals surface area contributed by atoms with E-state index in [1.165, 1.54) is 0 Å². The van der Waals surface area contributed by atoms with E-state index >= 15 is 0 Å². The molecule has 2 amide bonds. The molecule has 1 saturated heterocycles. The Balaban J connectivity index is 2.07. The maximum atomic E-state index is 12.6. The Morgan fingerprint density at radius 2 is 2.05 bits per heavy atom. The minimum absolute atomic E-state index is 0.0124. The van der Waals surface area contributed by atoms with Crippen molar-refractivity contribution in [1.29, 1.82) is 0 Å². The van der Waals surface area contributed by atoms with Crippen LogP contribution in [0.15, 0.2) is 28.7 Å². The predicted octanol–water partition coefficient (Wildman–Crippen LogP) is 3.17. The molecule has 0 saturated carbocycles. The van der Waals surface area contributed by atoms with Gasteiger partial charge in [-0.25, -0.2) is 0 Å². The lowest BCUT2D eigenvalue weighted by molar-refractivity contribution is -0.136. The molecule has 120 valence electrons. The number of hydrogen-bond acceptors (Lipinski definition) is 2. The molecule has 0 aliphatic carbocycles. The molecule has 1 unspecified atom stereocenters. The van der Waals surface area contributed by atoms with E-state index in [4.69, 9.17) is 0 Å². The number of amides is 2. The number of likely N-dealkylation sites (tertiary alicyclic amines) is 1. The highest BCUT2D eigenvalue weighted by Gasteiger charge is 2.30. The number of rotatable bonds is 4. The summed E-state index contributed by atoms with van der Waals surface area (Å²) in [4.78, 5) is 28.8. The Labute approximate surface area is 140 Å². The summed E-state index contributed by atoms with van der Waals surface area (Å²) in [6.07, 6.45) is 1.76. The van der Waals surface area contributed by atoms with Gasteiger partial charge in [-0.1, -0.05) is 22.0 Å². The van der Waals surface area contributed by atoms with Crippen molar-refractivity contribution in [3.63, 3.8) is 0 Å². The monoisotopic (exact) mass is 366 g/mol. The van der Waals surface area contributed by atoms with E-state index in [0.717, 1.165) is 36.9 Å². The highest BCUT2D eigenvalue weighted by Crippen LogP contribution is 2.21. The van der Waals surface area contributed by atoms with Crippen molar-refractivity contribution < 1.29 is 9.59 Å². The van der Waals surface area contributed by atoms with E-state index in [2.05, 4.69) is 15.9 Å². The number of piperidine rings is 1. The van der Waals surface area contributed by atoms with Gasteiger partial charge in [-0.15, -0.1) is 0 Å². The van der Waals surface area contributed by atoms with Gasteiger partial charge in [-0.2, -0.15) is 0 Å². The molecule has 0 spiro atoms. The molecule has 1 aromatic carbocycles. The smallest absolute Gasteiger partial charge is 0.253 e. The van der Waals surface area contributed by atoms with Gasteiger partial charge in [0, 0.05) is 36.2 Å². The largest absolute Gasteiger partial charge is 0.343 e. The minimum atomic E-state index is -0.0650. The van der Waals surface area contributed by atoms with Crippen molar-refractivity contribution >= 4 is 27.7 Å². The van der Waals surface area contributed by atoms with Gasteiger partial charge in [0.1, 0.15) is 0 Å². The molecular formula is C17H23BrN2O2. The molecule has 2 rings (SSSR count). The number of carbonyl (C=O) groups excluding carboxylic acids is 2. The molecule has 1 aromatic rings. The van der Waals surface area contributed by atoms with Gasteiger partial charge < -0.3 is 9.80 Å². The second-order valence-corrected chi connectivity index (χ2v) is 6.53. The zero-order chi connectivity index (χ0) is 16.1. The topological polar surface area (TPSA) is 40.6 Å². The number of nitrogens with zero attached hydrogens (tertiary/aromatic N) is 2. The van der Waals surface area contributed by atoms with E-state index in [1.807, 2.05) is 47.9 Å². The van der Waals surface area contributed by atoms with E-state index in [9.17, 15) is 9.59 Å². The molecule has 1 aliphatic heterocycles. The van der Waals surface area contributed by atoms with Gasteiger partial charge >= 0.3 is 0 Å².